The fourth-order valence-corrected chi connectivity index (χ4v) is 2.10. The molecule has 0 saturated heterocycles. The summed E-state index contributed by atoms with van der Waals surface area (Å²) in [5.41, 5.74) is 2.44. The number of rotatable bonds is 0. The molecule has 0 aliphatic heterocycles. The molecule has 0 bridgehead atoms. The summed E-state index contributed by atoms with van der Waals surface area (Å²) in [6, 6.07) is 4.22. The molecular weight excluding hydrogens is 184 g/mol. The van der Waals surface area contributed by atoms with E-state index in [0.29, 0.717) is 0 Å². The molecule has 0 N–H and O–H groups in total. The number of carbonyl (C=O) groups excluding carboxylic acids is 1. The molecule has 0 radical (unpaired) electrons. The maximum atomic E-state index is 11.3. The summed E-state index contributed by atoms with van der Waals surface area (Å²) in [5, 5.41) is 2.28. The summed E-state index contributed by atoms with van der Waals surface area (Å²) < 4.78 is 0. The van der Waals surface area contributed by atoms with E-state index in [0.717, 1.165) is 17.2 Å². The van der Waals surface area contributed by atoms with Crippen LogP contribution in [-0.4, -0.2) is 5.78 Å². The SMILES string of the molecule is O=C1C=Cc2ccc3c(c2=C1)=CC=CC3. The average molecular weight is 194 g/mol. The Morgan fingerprint density at radius 2 is 2.00 bits per heavy atom. The summed E-state index contributed by atoms with van der Waals surface area (Å²) in [5.74, 6) is 0.0823. The van der Waals surface area contributed by atoms with Gasteiger partial charge in [-0.2, -0.15) is 0 Å². The van der Waals surface area contributed by atoms with Gasteiger partial charge in [-0.05, 0) is 40.1 Å². The highest BCUT2D eigenvalue weighted by Crippen LogP contribution is 2.04. The lowest BCUT2D eigenvalue weighted by atomic mass is 9.96. The summed E-state index contributed by atoms with van der Waals surface area (Å²) in [6.07, 6.45) is 12.5. The van der Waals surface area contributed by atoms with Crippen molar-refractivity contribution in [2.75, 3.05) is 0 Å². The van der Waals surface area contributed by atoms with E-state index in [1.165, 1.54) is 10.8 Å². The Balaban J connectivity index is 2.48. The summed E-state index contributed by atoms with van der Waals surface area (Å²) >= 11 is 0. The second-order valence-corrected chi connectivity index (χ2v) is 3.82. The molecule has 2 aliphatic rings. The predicted molar refractivity (Wildman–Crippen MR) is 61.5 cm³/mol. The minimum absolute atomic E-state index is 0.0823. The van der Waals surface area contributed by atoms with Crippen molar-refractivity contribution in [3.63, 3.8) is 0 Å². The van der Waals surface area contributed by atoms with Crippen molar-refractivity contribution in [2.24, 2.45) is 0 Å². The van der Waals surface area contributed by atoms with E-state index in [1.807, 2.05) is 6.08 Å². The molecular formula is C14H10O. The zero-order valence-corrected chi connectivity index (χ0v) is 8.23. The first-order chi connectivity index (χ1) is 7.34. The molecule has 1 nitrogen and oxygen atoms in total. The van der Waals surface area contributed by atoms with Crippen LogP contribution < -0.4 is 10.4 Å². The second-order valence-electron chi connectivity index (χ2n) is 3.82. The van der Waals surface area contributed by atoms with Crippen LogP contribution in [0.4, 0.5) is 0 Å². The van der Waals surface area contributed by atoms with Crippen LogP contribution in [0.1, 0.15) is 11.1 Å². The minimum atomic E-state index is 0.0823. The van der Waals surface area contributed by atoms with Crippen molar-refractivity contribution < 1.29 is 4.79 Å². The Bertz CT molecular complexity index is 615. The fraction of sp³-hybridized carbons (Fsp3) is 0.0714. The second kappa shape index (κ2) is 3.06. The maximum Gasteiger partial charge on any atom is 0.179 e. The Morgan fingerprint density at radius 1 is 1.07 bits per heavy atom. The van der Waals surface area contributed by atoms with Crippen LogP contribution in [0.3, 0.4) is 0 Å². The molecule has 3 rings (SSSR count). The third-order valence-corrected chi connectivity index (χ3v) is 2.86. The van der Waals surface area contributed by atoms with Crippen LogP contribution in [0.2, 0.25) is 0 Å². The molecule has 1 aromatic carbocycles. The van der Waals surface area contributed by atoms with Crippen LogP contribution in [0, 0.1) is 0 Å². The standard InChI is InChI=1S/C14H10O/c15-12-8-7-11-6-5-10-3-1-2-4-13(10)14(11)9-12/h1-2,4-9H,3H2. The van der Waals surface area contributed by atoms with E-state index in [4.69, 9.17) is 0 Å². The summed E-state index contributed by atoms with van der Waals surface area (Å²) in [7, 11) is 0. The highest BCUT2D eigenvalue weighted by molar-refractivity contribution is 6.16. The third-order valence-electron chi connectivity index (χ3n) is 2.86. The van der Waals surface area contributed by atoms with Crippen molar-refractivity contribution in [3.8, 4) is 0 Å². The van der Waals surface area contributed by atoms with E-state index in [1.54, 1.807) is 12.2 Å². The van der Waals surface area contributed by atoms with Gasteiger partial charge >= 0.3 is 0 Å². The van der Waals surface area contributed by atoms with Crippen LogP contribution in [0.5, 0.6) is 0 Å². The Hall–Kier alpha value is -1.89. The van der Waals surface area contributed by atoms with Gasteiger partial charge in [0.25, 0.3) is 0 Å². The van der Waals surface area contributed by atoms with E-state index >= 15 is 0 Å². The Kier molecular flexibility index (Phi) is 1.72. The van der Waals surface area contributed by atoms with Crippen molar-refractivity contribution >= 4 is 24.0 Å². The van der Waals surface area contributed by atoms with Gasteiger partial charge in [-0.3, -0.25) is 4.79 Å². The third kappa shape index (κ3) is 1.28. The Labute approximate surface area is 87.7 Å². The normalized spacial score (nSPS) is 16.4. The molecule has 0 amide bonds. The smallest absolute Gasteiger partial charge is 0.179 e. The van der Waals surface area contributed by atoms with Crippen molar-refractivity contribution in [2.45, 2.75) is 6.42 Å². The number of fused-ring (bicyclic) bond motifs is 3. The quantitative estimate of drug-likeness (QED) is 0.601. The first-order valence-electron chi connectivity index (χ1n) is 5.07. The molecule has 1 aromatic rings. The molecule has 15 heavy (non-hydrogen) atoms. The van der Waals surface area contributed by atoms with Crippen molar-refractivity contribution in [1.82, 2.24) is 0 Å². The first kappa shape index (κ1) is 8.42. The molecule has 0 spiro atoms. The molecule has 1 heteroatoms. The maximum absolute atomic E-state index is 11.3. The monoisotopic (exact) mass is 194 g/mol. The highest BCUT2D eigenvalue weighted by Gasteiger charge is 2.06. The first-order valence-corrected chi connectivity index (χ1v) is 5.07. The Morgan fingerprint density at radius 3 is 2.93 bits per heavy atom. The summed E-state index contributed by atoms with van der Waals surface area (Å²) in [6.45, 7) is 0. The molecule has 0 heterocycles. The topological polar surface area (TPSA) is 17.1 Å². The van der Waals surface area contributed by atoms with Crippen molar-refractivity contribution in [1.29, 1.82) is 0 Å². The van der Waals surface area contributed by atoms with Gasteiger partial charge in [-0.1, -0.05) is 36.4 Å². The fourth-order valence-electron chi connectivity index (χ4n) is 2.10. The highest BCUT2D eigenvalue weighted by atomic mass is 16.1. The van der Waals surface area contributed by atoms with Gasteiger partial charge in [0.05, 0.1) is 0 Å². The van der Waals surface area contributed by atoms with Gasteiger partial charge in [0.15, 0.2) is 5.78 Å². The predicted octanol–water partition coefficient (Wildman–Crippen LogP) is 0.956. The van der Waals surface area contributed by atoms with E-state index in [2.05, 4.69) is 30.4 Å². The van der Waals surface area contributed by atoms with Gasteiger partial charge in [-0.15, -0.1) is 0 Å². The van der Waals surface area contributed by atoms with Gasteiger partial charge < -0.3 is 0 Å². The molecule has 0 aromatic heterocycles. The van der Waals surface area contributed by atoms with Crippen LogP contribution >= 0.6 is 0 Å². The molecule has 72 valence electrons. The van der Waals surface area contributed by atoms with Gasteiger partial charge in [-0.25, -0.2) is 0 Å². The molecule has 0 atom stereocenters. The molecule has 2 aliphatic carbocycles. The van der Waals surface area contributed by atoms with Crippen LogP contribution in [0.15, 0.2) is 30.4 Å². The van der Waals surface area contributed by atoms with E-state index < -0.39 is 0 Å². The minimum Gasteiger partial charge on any atom is -0.290 e. The van der Waals surface area contributed by atoms with Crippen molar-refractivity contribution in [3.05, 3.63) is 51.9 Å². The number of hydrogen-bond donors (Lipinski definition) is 0. The van der Waals surface area contributed by atoms with Gasteiger partial charge in [0, 0.05) is 0 Å². The van der Waals surface area contributed by atoms with Crippen LogP contribution in [-0.2, 0) is 11.2 Å². The zero-order valence-electron chi connectivity index (χ0n) is 8.23. The number of ketones is 1. The number of allylic oxidation sites excluding steroid dienone is 3. The molecule has 0 saturated carbocycles. The lowest BCUT2D eigenvalue weighted by Crippen LogP contribution is -2.33. The largest absolute Gasteiger partial charge is 0.290 e. The number of benzene rings is 1. The van der Waals surface area contributed by atoms with E-state index in [9.17, 15) is 4.79 Å². The number of carbonyl (C=O) groups is 1. The summed E-state index contributed by atoms with van der Waals surface area (Å²) in [4.78, 5) is 11.3. The lowest BCUT2D eigenvalue weighted by molar-refractivity contribution is -0.109. The number of hydrogen-bond acceptors (Lipinski definition) is 1. The lowest BCUT2D eigenvalue weighted by Gasteiger charge is -2.08. The van der Waals surface area contributed by atoms with Crippen LogP contribution in [0.25, 0.3) is 18.2 Å². The molecule has 0 unspecified atom stereocenters. The average Bonchev–Trinajstić information content (AvgIpc) is 2.29. The van der Waals surface area contributed by atoms with Gasteiger partial charge in [0.1, 0.15) is 0 Å². The molecule has 0 fully saturated rings. The zero-order chi connectivity index (χ0) is 10.3. The van der Waals surface area contributed by atoms with E-state index in [-0.39, 0.29) is 5.78 Å². The van der Waals surface area contributed by atoms with Gasteiger partial charge in [0.2, 0.25) is 0 Å².